The third-order valence-electron chi connectivity index (χ3n) is 6.59. The second-order valence-electron chi connectivity index (χ2n) is 9.05. The van der Waals surface area contributed by atoms with Crippen molar-refractivity contribution in [2.75, 3.05) is 12.4 Å². The van der Waals surface area contributed by atoms with Gasteiger partial charge in [0.15, 0.2) is 6.61 Å². The first kappa shape index (κ1) is 25.2. The van der Waals surface area contributed by atoms with E-state index in [4.69, 9.17) is 9.84 Å². The highest BCUT2D eigenvalue weighted by atomic mass is 32.2. The van der Waals surface area contributed by atoms with Crippen molar-refractivity contribution in [3.8, 4) is 17.0 Å². The van der Waals surface area contributed by atoms with E-state index in [1.807, 2.05) is 42.5 Å². The van der Waals surface area contributed by atoms with Gasteiger partial charge in [0.1, 0.15) is 5.75 Å². The minimum Gasteiger partial charge on any atom is -0.482 e. The summed E-state index contributed by atoms with van der Waals surface area (Å²) >= 11 is 1.25. The molecule has 37 heavy (non-hydrogen) atoms. The van der Waals surface area contributed by atoms with Gasteiger partial charge in [0, 0.05) is 21.9 Å². The summed E-state index contributed by atoms with van der Waals surface area (Å²) < 4.78 is 32.3. The van der Waals surface area contributed by atoms with E-state index in [9.17, 15) is 13.2 Å². The zero-order valence-electron chi connectivity index (χ0n) is 20.2. The molecule has 1 aliphatic rings. The van der Waals surface area contributed by atoms with E-state index < -0.39 is 22.4 Å². The summed E-state index contributed by atoms with van der Waals surface area (Å²) in [6.45, 7) is -0.424. The Morgan fingerprint density at radius 3 is 2.27 bits per heavy atom. The van der Waals surface area contributed by atoms with E-state index in [2.05, 4.69) is 29.2 Å². The summed E-state index contributed by atoms with van der Waals surface area (Å²) in [5.41, 5.74) is 4.70. The Balaban J connectivity index is 1.34. The van der Waals surface area contributed by atoms with E-state index in [-0.39, 0.29) is 16.0 Å². The molecule has 0 saturated carbocycles. The lowest BCUT2D eigenvalue weighted by molar-refractivity contribution is -0.139. The Kier molecular flexibility index (Phi) is 7.39. The molecule has 3 aromatic carbocycles. The largest absolute Gasteiger partial charge is 0.482 e. The topological polar surface area (TPSA) is 93.6 Å². The van der Waals surface area contributed by atoms with Gasteiger partial charge in [-0.2, -0.15) is 0 Å². The monoisotopic (exact) mass is 533 g/mol. The molecule has 0 spiro atoms. The fourth-order valence-electron chi connectivity index (χ4n) is 4.86. The molecule has 4 aromatic rings. The molecule has 0 amide bonds. The van der Waals surface area contributed by atoms with Crippen LogP contribution in [0.4, 0.5) is 0 Å². The van der Waals surface area contributed by atoms with Gasteiger partial charge in [-0.05, 0) is 42.9 Å². The number of fused-ring (bicyclic) bond motifs is 3. The first-order valence-electron chi connectivity index (χ1n) is 12.2. The molecule has 0 unspecified atom stereocenters. The molecule has 0 bridgehead atoms. The van der Waals surface area contributed by atoms with E-state index >= 15 is 0 Å². The molecule has 1 N–H and O–H groups in total. The maximum absolute atomic E-state index is 13.3. The zero-order valence-corrected chi connectivity index (χ0v) is 21.8. The van der Waals surface area contributed by atoms with E-state index in [0.717, 1.165) is 16.0 Å². The van der Waals surface area contributed by atoms with Crippen LogP contribution in [0.15, 0.2) is 83.2 Å². The SMILES string of the molecule is O=C(O)COc1cccc2c1CCc1sc(S(=O)(=O)CCCC(c3ccccc3)c3ccccc3)nc1-2. The average molecular weight is 534 g/mol. The molecule has 190 valence electrons. The Morgan fingerprint density at radius 2 is 1.62 bits per heavy atom. The minimum atomic E-state index is -3.55. The number of carboxylic acid groups (broad SMARTS) is 1. The lowest BCUT2D eigenvalue weighted by Crippen LogP contribution is -2.12. The van der Waals surface area contributed by atoms with Gasteiger partial charge in [-0.25, -0.2) is 18.2 Å². The summed E-state index contributed by atoms with van der Waals surface area (Å²) in [6.07, 6.45) is 2.53. The number of rotatable bonds is 10. The number of thiazole rings is 1. The Labute approximate surface area is 220 Å². The van der Waals surface area contributed by atoms with Crippen molar-refractivity contribution in [1.29, 1.82) is 0 Å². The predicted molar refractivity (Wildman–Crippen MR) is 144 cm³/mol. The first-order chi connectivity index (χ1) is 17.9. The molecule has 6 nitrogen and oxygen atoms in total. The van der Waals surface area contributed by atoms with Crippen molar-refractivity contribution in [1.82, 2.24) is 4.98 Å². The van der Waals surface area contributed by atoms with Gasteiger partial charge in [-0.15, -0.1) is 11.3 Å². The predicted octanol–water partition coefficient (Wildman–Crippen LogP) is 5.76. The summed E-state index contributed by atoms with van der Waals surface area (Å²) in [4.78, 5) is 16.5. The Morgan fingerprint density at radius 1 is 0.946 bits per heavy atom. The highest BCUT2D eigenvalue weighted by Gasteiger charge is 2.28. The lowest BCUT2D eigenvalue weighted by atomic mass is 9.88. The van der Waals surface area contributed by atoms with Crippen LogP contribution in [0.2, 0.25) is 0 Å². The smallest absolute Gasteiger partial charge is 0.341 e. The fourth-order valence-corrected chi connectivity index (χ4v) is 7.68. The minimum absolute atomic E-state index is 0.0319. The molecule has 1 aliphatic carbocycles. The van der Waals surface area contributed by atoms with Crippen molar-refractivity contribution in [2.45, 2.75) is 35.9 Å². The molecule has 1 heterocycles. The number of carbonyl (C=O) groups is 1. The molecule has 1 aromatic heterocycles. The van der Waals surface area contributed by atoms with Gasteiger partial charge >= 0.3 is 5.97 Å². The van der Waals surface area contributed by atoms with E-state index in [1.54, 1.807) is 12.1 Å². The van der Waals surface area contributed by atoms with Crippen LogP contribution in [-0.4, -0.2) is 36.8 Å². The summed E-state index contributed by atoms with van der Waals surface area (Å²) in [5.74, 6) is -0.378. The van der Waals surface area contributed by atoms with Gasteiger partial charge < -0.3 is 9.84 Å². The molecule has 8 heteroatoms. The van der Waals surface area contributed by atoms with Gasteiger partial charge in [-0.3, -0.25) is 0 Å². The fraction of sp³-hybridized carbons (Fsp3) is 0.241. The molecule has 0 atom stereocenters. The quantitative estimate of drug-likeness (QED) is 0.279. The second-order valence-corrected chi connectivity index (χ2v) is 12.4. The summed E-state index contributed by atoms with van der Waals surface area (Å²) in [5, 5.41) is 8.96. The Hall–Kier alpha value is -3.49. The van der Waals surface area contributed by atoms with Gasteiger partial charge in [0.05, 0.1) is 11.4 Å². The van der Waals surface area contributed by atoms with Crippen LogP contribution in [0.3, 0.4) is 0 Å². The zero-order chi connectivity index (χ0) is 25.8. The number of aromatic nitrogens is 1. The normalized spacial score (nSPS) is 12.7. The van der Waals surface area contributed by atoms with Crippen LogP contribution in [-0.2, 0) is 27.5 Å². The molecule has 0 fully saturated rings. The number of hydrogen-bond donors (Lipinski definition) is 1. The van der Waals surface area contributed by atoms with Crippen molar-refractivity contribution in [3.63, 3.8) is 0 Å². The number of ether oxygens (including phenoxy) is 1. The highest BCUT2D eigenvalue weighted by Crippen LogP contribution is 2.41. The second kappa shape index (κ2) is 10.9. The average Bonchev–Trinajstić information content (AvgIpc) is 3.37. The van der Waals surface area contributed by atoms with Gasteiger partial charge in [0.2, 0.25) is 14.2 Å². The molecule has 0 aliphatic heterocycles. The molecular weight excluding hydrogens is 506 g/mol. The number of aliphatic carboxylic acids is 1. The third-order valence-corrected chi connectivity index (χ3v) is 9.97. The van der Waals surface area contributed by atoms with E-state index in [0.29, 0.717) is 37.1 Å². The first-order valence-corrected chi connectivity index (χ1v) is 14.7. The van der Waals surface area contributed by atoms with Crippen LogP contribution in [0.25, 0.3) is 11.3 Å². The van der Waals surface area contributed by atoms with Crippen LogP contribution in [0, 0.1) is 0 Å². The van der Waals surface area contributed by atoms with E-state index in [1.165, 1.54) is 22.5 Å². The maximum Gasteiger partial charge on any atom is 0.341 e. The maximum atomic E-state index is 13.3. The standard InChI is InChI=1S/C29H27NO5S2/c31-27(32)19-35-25-15-7-13-24-23(25)16-17-26-28(24)30-29(36-26)37(33,34)18-8-14-22(20-9-3-1-4-10-20)21-11-5-2-6-12-21/h1-7,9-13,15,22H,8,14,16-19H2,(H,31,32). The lowest BCUT2D eigenvalue weighted by Gasteiger charge is -2.18. The number of nitrogens with zero attached hydrogens (tertiary/aromatic N) is 1. The molecule has 0 saturated heterocycles. The van der Waals surface area contributed by atoms with Crippen LogP contribution >= 0.6 is 11.3 Å². The summed E-state index contributed by atoms with van der Waals surface area (Å²) in [7, 11) is -3.55. The van der Waals surface area contributed by atoms with Crippen LogP contribution < -0.4 is 4.74 Å². The number of hydrogen-bond acceptors (Lipinski definition) is 6. The van der Waals surface area contributed by atoms with Gasteiger partial charge in [-0.1, -0.05) is 72.8 Å². The number of aryl methyl sites for hydroxylation is 1. The Bertz CT molecular complexity index is 1460. The number of sulfone groups is 1. The van der Waals surface area contributed by atoms with Crippen molar-refractivity contribution >= 4 is 27.1 Å². The van der Waals surface area contributed by atoms with Crippen molar-refractivity contribution in [2.24, 2.45) is 0 Å². The highest BCUT2D eigenvalue weighted by molar-refractivity contribution is 7.93. The van der Waals surface area contributed by atoms with Crippen LogP contribution in [0.5, 0.6) is 5.75 Å². The van der Waals surface area contributed by atoms with Crippen molar-refractivity contribution < 1.29 is 23.1 Å². The molecule has 0 radical (unpaired) electrons. The summed E-state index contributed by atoms with van der Waals surface area (Å²) in [6, 6.07) is 25.8. The number of benzene rings is 3. The van der Waals surface area contributed by atoms with Crippen molar-refractivity contribution in [3.05, 3.63) is 100 Å². The van der Waals surface area contributed by atoms with Crippen LogP contribution in [0.1, 0.15) is 40.3 Å². The number of carboxylic acids is 1. The van der Waals surface area contributed by atoms with Gasteiger partial charge in [0.25, 0.3) is 0 Å². The molecule has 5 rings (SSSR count). The molecular formula is C29H27NO5S2. The third kappa shape index (κ3) is 5.60.